The highest BCUT2D eigenvalue weighted by Gasteiger charge is 2.16. The van der Waals surface area contributed by atoms with Crippen LogP contribution in [0.4, 0.5) is 0 Å². The molecule has 0 saturated carbocycles. The van der Waals surface area contributed by atoms with Crippen LogP contribution in [0.3, 0.4) is 0 Å². The summed E-state index contributed by atoms with van der Waals surface area (Å²) in [4.78, 5) is 15.8. The molecule has 0 aliphatic carbocycles. The summed E-state index contributed by atoms with van der Waals surface area (Å²) < 4.78 is 0. The van der Waals surface area contributed by atoms with Crippen LogP contribution in [-0.4, -0.2) is 73.2 Å². The third-order valence-corrected chi connectivity index (χ3v) is 2.91. The molecule has 1 amide bonds. The molecule has 0 bridgehead atoms. The van der Waals surface area contributed by atoms with E-state index in [4.69, 9.17) is 5.11 Å². The maximum absolute atomic E-state index is 11.3. The van der Waals surface area contributed by atoms with Crippen LogP contribution in [0, 0.1) is 0 Å². The van der Waals surface area contributed by atoms with Gasteiger partial charge in [-0.25, -0.2) is 0 Å². The molecule has 1 aliphatic rings. The van der Waals surface area contributed by atoms with Gasteiger partial charge >= 0.3 is 0 Å². The number of piperazine rings is 1. The van der Waals surface area contributed by atoms with E-state index in [1.807, 2.05) is 6.92 Å². The number of carbonyl (C=O) groups excluding carboxylic acids is 1. The lowest BCUT2D eigenvalue weighted by molar-refractivity contribution is -0.121. The Kier molecular flexibility index (Phi) is 6.37. The van der Waals surface area contributed by atoms with Crippen molar-refractivity contribution in [1.82, 2.24) is 15.1 Å². The molecule has 16 heavy (non-hydrogen) atoms. The lowest BCUT2D eigenvalue weighted by Crippen LogP contribution is -2.47. The number of amides is 1. The second-order valence-electron chi connectivity index (χ2n) is 4.11. The summed E-state index contributed by atoms with van der Waals surface area (Å²) in [6.07, 6.45) is 0.591. The highest BCUT2D eigenvalue weighted by atomic mass is 16.3. The van der Waals surface area contributed by atoms with Crippen molar-refractivity contribution < 1.29 is 9.90 Å². The molecular weight excluding hydrogens is 206 g/mol. The van der Waals surface area contributed by atoms with E-state index in [0.717, 1.165) is 39.3 Å². The van der Waals surface area contributed by atoms with Gasteiger partial charge in [-0.15, -0.1) is 0 Å². The first kappa shape index (κ1) is 13.4. The number of hydrogen-bond donors (Lipinski definition) is 2. The number of β-amino-alcohol motifs (C(OH)–C–C–N with tert-alkyl or cyclic N) is 1. The smallest absolute Gasteiger partial charge is 0.221 e. The minimum atomic E-state index is 0.139. The van der Waals surface area contributed by atoms with Crippen molar-refractivity contribution in [3.63, 3.8) is 0 Å². The molecule has 1 rings (SSSR count). The summed E-state index contributed by atoms with van der Waals surface area (Å²) >= 11 is 0. The van der Waals surface area contributed by atoms with Crippen molar-refractivity contribution in [2.45, 2.75) is 13.3 Å². The summed E-state index contributed by atoms with van der Waals surface area (Å²) in [6, 6.07) is 0. The van der Waals surface area contributed by atoms with Crippen LogP contribution in [0.25, 0.3) is 0 Å². The minimum absolute atomic E-state index is 0.139. The monoisotopic (exact) mass is 229 g/mol. The van der Waals surface area contributed by atoms with Crippen molar-refractivity contribution in [3.05, 3.63) is 0 Å². The Bertz CT molecular complexity index is 203. The van der Waals surface area contributed by atoms with E-state index in [1.165, 1.54) is 0 Å². The Hall–Kier alpha value is -0.650. The summed E-state index contributed by atoms with van der Waals surface area (Å²) in [5.74, 6) is 0.139. The molecule has 1 saturated heterocycles. The van der Waals surface area contributed by atoms with E-state index >= 15 is 0 Å². The van der Waals surface area contributed by atoms with Crippen molar-refractivity contribution in [2.24, 2.45) is 0 Å². The first-order valence-corrected chi connectivity index (χ1v) is 6.08. The summed E-state index contributed by atoms with van der Waals surface area (Å²) in [5, 5.41) is 11.6. The molecule has 0 spiro atoms. The number of rotatable bonds is 6. The Morgan fingerprint density at radius 1 is 1.19 bits per heavy atom. The van der Waals surface area contributed by atoms with E-state index < -0.39 is 0 Å². The molecule has 0 aromatic heterocycles. The molecule has 0 aromatic carbocycles. The average Bonchev–Trinajstić information content (AvgIpc) is 2.29. The molecule has 1 heterocycles. The number of aliphatic hydroxyl groups is 1. The fraction of sp³-hybridized carbons (Fsp3) is 0.909. The lowest BCUT2D eigenvalue weighted by atomic mass is 10.3. The maximum Gasteiger partial charge on any atom is 0.221 e. The number of aliphatic hydroxyl groups excluding tert-OH is 1. The van der Waals surface area contributed by atoms with E-state index in [-0.39, 0.29) is 12.5 Å². The van der Waals surface area contributed by atoms with Gasteiger partial charge in [0.15, 0.2) is 0 Å². The Morgan fingerprint density at radius 2 is 1.75 bits per heavy atom. The Labute approximate surface area is 97.4 Å². The lowest BCUT2D eigenvalue weighted by Gasteiger charge is -2.34. The van der Waals surface area contributed by atoms with Crippen LogP contribution in [0.1, 0.15) is 13.3 Å². The molecule has 5 heteroatoms. The van der Waals surface area contributed by atoms with Gasteiger partial charge in [0.25, 0.3) is 0 Å². The van der Waals surface area contributed by atoms with Gasteiger partial charge in [0.1, 0.15) is 0 Å². The first-order chi connectivity index (χ1) is 7.76. The molecule has 0 atom stereocenters. The van der Waals surface area contributed by atoms with Gasteiger partial charge < -0.3 is 15.3 Å². The largest absolute Gasteiger partial charge is 0.395 e. The number of carbonyl (C=O) groups is 1. The van der Waals surface area contributed by atoms with Gasteiger partial charge in [-0.2, -0.15) is 0 Å². The van der Waals surface area contributed by atoms with Crippen LogP contribution >= 0.6 is 0 Å². The third kappa shape index (κ3) is 4.92. The van der Waals surface area contributed by atoms with E-state index in [9.17, 15) is 4.79 Å². The van der Waals surface area contributed by atoms with E-state index in [0.29, 0.717) is 13.0 Å². The van der Waals surface area contributed by atoms with Crippen LogP contribution < -0.4 is 5.32 Å². The Morgan fingerprint density at radius 3 is 2.25 bits per heavy atom. The van der Waals surface area contributed by atoms with Crippen molar-refractivity contribution in [2.75, 3.05) is 52.4 Å². The van der Waals surface area contributed by atoms with Gasteiger partial charge in [0.05, 0.1) is 6.61 Å². The van der Waals surface area contributed by atoms with Gasteiger partial charge in [0.2, 0.25) is 5.91 Å². The van der Waals surface area contributed by atoms with Gasteiger partial charge in [-0.1, -0.05) is 0 Å². The topological polar surface area (TPSA) is 55.8 Å². The first-order valence-electron chi connectivity index (χ1n) is 6.08. The van der Waals surface area contributed by atoms with Crippen molar-refractivity contribution >= 4 is 5.91 Å². The fourth-order valence-electron chi connectivity index (χ4n) is 1.92. The molecular formula is C11H23N3O2. The zero-order valence-electron chi connectivity index (χ0n) is 10.1. The van der Waals surface area contributed by atoms with Crippen molar-refractivity contribution in [1.29, 1.82) is 0 Å². The molecule has 0 radical (unpaired) electrons. The van der Waals surface area contributed by atoms with Crippen molar-refractivity contribution in [3.8, 4) is 0 Å². The van der Waals surface area contributed by atoms with Crippen LogP contribution in [0.15, 0.2) is 0 Å². The zero-order chi connectivity index (χ0) is 11.8. The highest BCUT2D eigenvalue weighted by molar-refractivity contribution is 5.75. The highest BCUT2D eigenvalue weighted by Crippen LogP contribution is 2.01. The van der Waals surface area contributed by atoms with Crippen LogP contribution in [0.5, 0.6) is 0 Å². The Balaban J connectivity index is 2.10. The molecule has 1 aliphatic heterocycles. The zero-order valence-corrected chi connectivity index (χ0v) is 10.1. The number of nitrogens with one attached hydrogen (secondary N) is 1. The van der Waals surface area contributed by atoms with E-state index in [2.05, 4.69) is 15.1 Å². The fourth-order valence-corrected chi connectivity index (χ4v) is 1.92. The van der Waals surface area contributed by atoms with Crippen LogP contribution in [-0.2, 0) is 4.79 Å². The molecule has 1 fully saturated rings. The van der Waals surface area contributed by atoms with Gasteiger partial charge in [-0.05, 0) is 6.92 Å². The average molecular weight is 229 g/mol. The SMILES string of the molecule is CCNC(=O)CCN1CCN(CCO)CC1. The molecule has 2 N–H and O–H groups in total. The summed E-state index contributed by atoms with van der Waals surface area (Å²) in [7, 11) is 0. The molecule has 0 unspecified atom stereocenters. The standard InChI is InChI=1S/C11H23N3O2/c1-2-12-11(16)3-4-13-5-7-14(8-6-13)9-10-15/h15H,2-10H2,1H3,(H,12,16). The molecule has 0 aromatic rings. The molecule has 5 nitrogen and oxygen atoms in total. The second-order valence-corrected chi connectivity index (χ2v) is 4.11. The summed E-state index contributed by atoms with van der Waals surface area (Å²) in [5.41, 5.74) is 0. The minimum Gasteiger partial charge on any atom is -0.395 e. The number of nitrogens with zero attached hydrogens (tertiary/aromatic N) is 2. The quantitative estimate of drug-likeness (QED) is 0.621. The predicted molar refractivity (Wildman–Crippen MR) is 63.3 cm³/mol. The second kappa shape index (κ2) is 7.60. The summed E-state index contributed by atoms with van der Waals surface area (Å²) in [6.45, 7) is 8.49. The maximum atomic E-state index is 11.3. The number of hydrogen-bond acceptors (Lipinski definition) is 4. The van der Waals surface area contributed by atoms with E-state index in [1.54, 1.807) is 0 Å². The van der Waals surface area contributed by atoms with Gasteiger partial charge in [0, 0.05) is 52.2 Å². The molecule has 94 valence electrons. The van der Waals surface area contributed by atoms with Gasteiger partial charge in [-0.3, -0.25) is 9.69 Å². The third-order valence-electron chi connectivity index (χ3n) is 2.91. The normalized spacial score (nSPS) is 18.6. The predicted octanol–water partition coefficient (Wildman–Crippen LogP) is -0.877. The van der Waals surface area contributed by atoms with Crippen LogP contribution in [0.2, 0.25) is 0 Å².